The Kier molecular flexibility index (Phi) is 7.73. The number of carbonyl (C=O) groups excluding carboxylic acids is 1. The molecule has 34 heavy (non-hydrogen) atoms. The van der Waals surface area contributed by atoms with Crippen molar-refractivity contribution < 1.29 is 27.9 Å². The minimum Gasteiger partial charge on any atom is -0.475 e. The van der Waals surface area contributed by atoms with Gasteiger partial charge in [0.25, 0.3) is 0 Å². The minimum atomic E-state index is -5.08. The Bertz CT molecular complexity index is 1150. The maximum absolute atomic E-state index is 12.5. The number of aromatic nitrogens is 1. The van der Waals surface area contributed by atoms with Gasteiger partial charge in [-0.05, 0) is 30.0 Å². The molecular formula is C23H24ClF3N4O3. The van der Waals surface area contributed by atoms with Gasteiger partial charge in [-0.15, -0.1) is 0 Å². The van der Waals surface area contributed by atoms with Crippen molar-refractivity contribution in [2.24, 2.45) is 5.73 Å². The summed E-state index contributed by atoms with van der Waals surface area (Å²) < 4.78 is 31.7. The highest BCUT2D eigenvalue weighted by Crippen LogP contribution is 2.29. The topological polar surface area (TPSA) is 111 Å². The fourth-order valence-corrected chi connectivity index (χ4v) is 4.04. The number of carbonyl (C=O) groups is 2. The highest BCUT2D eigenvalue weighted by Gasteiger charge is 2.38. The van der Waals surface area contributed by atoms with Crippen molar-refractivity contribution in [1.29, 1.82) is 0 Å². The molecule has 1 saturated heterocycles. The number of nitrogens with two attached hydrogens (primary N) is 1. The molecule has 2 heterocycles. The van der Waals surface area contributed by atoms with E-state index in [1.807, 2.05) is 54.7 Å². The first-order valence-corrected chi connectivity index (χ1v) is 10.8. The minimum absolute atomic E-state index is 0.0591. The van der Waals surface area contributed by atoms with Crippen LogP contribution < -0.4 is 11.1 Å². The normalized spacial score (nSPS) is 17.9. The second-order valence-electron chi connectivity index (χ2n) is 7.95. The number of para-hydroxylation sites is 1. The number of benzene rings is 2. The first kappa shape index (κ1) is 25.4. The Morgan fingerprint density at radius 1 is 1.18 bits per heavy atom. The molecule has 4 rings (SSSR count). The van der Waals surface area contributed by atoms with Crippen molar-refractivity contribution in [2.75, 3.05) is 19.6 Å². The molecule has 0 aliphatic carbocycles. The number of H-pyrrole nitrogens is 1. The van der Waals surface area contributed by atoms with E-state index in [-0.39, 0.29) is 6.03 Å². The van der Waals surface area contributed by atoms with E-state index in [2.05, 4.69) is 10.3 Å². The Balaban J connectivity index is 0.000000406. The number of halogens is 4. The van der Waals surface area contributed by atoms with E-state index >= 15 is 0 Å². The van der Waals surface area contributed by atoms with Gasteiger partial charge in [0.2, 0.25) is 0 Å². The van der Waals surface area contributed by atoms with Gasteiger partial charge >= 0.3 is 18.2 Å². The molecule has 0 saturated carbocycles. The molecule has 3 aromatic rings. The third-order valence-electron chi connectivity index (χ3n) is 5.60. The molecule has 0 bridgehead atoms. The van der Waals surface area contributed by atoms with Gasteiger partial charge in [0.05, 0.1) is 16.1 Å². The fourth-order valence-electron chi connectivity index (χ4n) is 3.81. The summed E-state index contributed by atoms with van der Waals surface area (Å²) in [6, 6.07) is 15.8. The molecule has 0 radical (unpaired) electrons. The highest BCUT2D eigenvalue weighted by atomic mass is 35.5. The molecule has 2 amide bonds. The smallest absolute Gasteiger partial charge is 0.475 e. The Hall–Kier alpha value is -3.24. The molecule has 1 atom stereocenters. The zero-order chi connectivity index (χ0) is 24.9. The van der Waals surface area contributed by atoms with Gasteiger partial charge in [0, 0.05) is 31.2 Å². The molecule has 1 aromatic heterocycles. The predicted molar refractivity (Wildman–Crippen MR) is 123 cm³/mol. The Morgan fingerprint density at radius 3 is 2.50 bits per heavy atom. The summed E-state index contributed by atoms with van der Waals surface area (Å²) in [5, 5.41) is 11.9. The number of carboxylic acid groups (broad SMARTS) is 1. The Labute approximate surface area is 198 Å². The lowest BCUT2D eigenvalue weighted by Gasteiger charge is -2.25. The number of urea groups is 1. The van der Waals surface area contributed by atoms with E-state index in [1.165, 1.54) is 0 Å². The summed E-state index contributed by atoms with van der Waals surface area (Å²) in [4.78, 5) is 26.4. The monoisotopic (exact) mass is 496 g/mol. The zero-order valence-electron chi connectivity index (χ0n) is 18.0. The maximum Gasteiger partial charge on any atom is 0.490 e. The standard InChI is InChI=1S/C21H23ClN4O.C2HF3O2/c22-18-8-4-7-17-15(13-25-19(17)18)9-11-24-20(27)26-12-10-21(23,14-26)16-5-2-1-3-6-16;3-2(4,5)1(6)7/h1-8,13,25H,9-12,14,23H2,(H,24,27);(H,6,7). The quantitative estimate of drug-likeness (QED) is 0.432. The lowest BCUT2D eigenvalue weighted by molar-refractivity contribution is -0.192. The van der Waals surface area contributed by atoms with Gasteiger partial charge in [-0.3, -0.25) is 0 Å². The number of fused-ring (bicyclic) bond motifs is 1. The van der Waals surface area contributed by atoms with Crippen LogP contribution in [-0.2, 0) is 16.8 Å². The van der Waals surface area contributed by atoms with E-state index in [4.69, 9.17) is 27.2 Å². The van der Waals surface area contributed by atoms with Crippen LogP contribution in [0.2, 0.25) is 5.02 Å². The average molecular weight is 497 g/mol. The molecule has 1 fully saturated rings. The predicted octanol–water partition coefficient (Wildman–Crippen LogP) is 4.27. The maximum atomic E-state index is 12.5. The lowest BCUT2D eigenvalue weighted by atomic mass is 9.90. The summed E-state index contributed by atoms with van der Waals surface area (Å²) in [7, 11) is 0. The van der Waals surface area contributed by atoms with E-state index < -0.39 is 17.7 Å². The first-order chi connectivity index (χ1) is 16.0. The van der Waals surface area contributed by atoms with E-state index in [0.717, 1.165) is 34.9 Å². The number of amides is 2. The SMILES string of the molecule is NC1(c2ccccc2)CCN(C(=O)NCCc2c[nH]c3c(Cl)cccc23)C1.O=C(O)C(F)(F)F. The largest absolute Gasteiger partial charge is 0.490 e. The second-order valence-corrected chi connectivity index (χ2v) is 8.36. The number of aromatic amines is 1. The first-order valence-electron chi connectivity index (χ1n) is 10.4. The van der Waals surface area contributed by atoms with Gasteiger partial charge in [-0.2, -0.15) is 13.2 Å². The molecule has 1 aliphatic rings. The van der Waals surface area contributed by atoms with Gasteiger partial charge in [-0.1, -0.05) is 54.1 Å². The van der Waals surface area contributed by atoms with Crippen LogP contribution in [0.15, 0.2) is 54.7 Å². The molecule has 1 aliphatic heterocycles. The van der Waals surface area contributed by atoms with Crippen LogP contribution in [-0.4, -0.2) is 52.8 Å². The summed E-state index contributed by atoms with van der Waals surface area (Å²) in [5.41, 5.74) is 9.25. The van der Waals surface area contributed by atoms with Crippen LogP contribution in [0.4, 0.5) is 18.0 Å². The van der Waals surface area contributed by atoms with Crippen LogP contribution in [0.25, 0.3) is 10.9 Å². The Morgan fingerprint density at radius 2 is 1.85 bits per heavy atom. The molecule has 0 spiro atoms. The van der Waals surface area contributed by atoms with Crippen LogP contribution in [0, 0.1) is 0 Å². The van der Waals surface area contributed by atoms with Crippen molar-refractivity contribution in [2.45, 2.75) is 24.6 Å². The van der Waals surface area contributed by atoms with E-state index in [1.54, 1.807) is 4.90 Å². The molecule has 5 N–H and O–H groups in total. The molecule has 182 valence electrons. The van der Waals surface area contributed by atoms with Gasteiger partial charge in [0.15, 0.2) is 0 Å². The van der Waals surface area contributed by atoms with Crippen LogP contribution >= 0.6 is 11.6 Å². The van der Waals surface area contributed by atoms with Gasteiger partial charge in [0.1, 0.15) is 0 Å². The summed E-state index contributed by atoms with van der Waals surface area (Å²) in [6.45, 7) is 1.77. The number of nitrogens with zero attached hydrogens (tertiary/aromatic N) is 1. The van der Waals surface area contributed by atoms with Crippen molar-refractivity contribution in [3.8, 4) is 0 Å². The van der Waals surface area contributed by atoms with Crippen LogP contribution in [0.3, 0.4) is 0 Å². The number of alkyl halides is 3. The fraction of sp³-hybridized carbons (Fsp3) is 0.304. The third-order valence-corrected chi connectivity index (χ3v) is 5.92. The average Bonchev–Trinajstić information content (AvgIpc) is 3.40. The zero-order valence-corrected chi connectivity index (χ0v) is 18.8. The number of rotatable bonds is 4. The van der Waals surface area contributed by atoms with Crippen molar-refractivity contribution in [3.63, 3.8) is 0 Å². The number of hydrogen-bond acceptors (Lipinski definition) is 3. The van der Waals surface area contributed by atoms with Crippen molar-refractivity contribution in [3.05, 3.63) is 70.9 Å². The van der Waals surface area contributed by atoms with E-state index in [9.17, 15) is 18.0 Å². The number of aliphatic carboxylic acids is 1. The molecule has 7 nitrogen and oxygen atoms in total. The second kappa shape index (κ2) is 10.4. The molecule has 11 heteroatoms. The molecule has 2 aromatic carbocycles. The van der Waals surface area contributed by atoms with Gasteiger partial charge in [-0.25, -0.2) is 9.59 Å². The molecule has 1 unspecified atom stereocenters. The third kappa shape index (κ3) is 6.00. The summed E-state index contributed by atoms with van der Waals surface area (Å²) in [6.07, 6.45) is -1.61. The number of nitrogens with one attached hydrogen (secondary N) is 2. The van der Waals surface area contributed by atoms with Crippen LogP contribution in [0.5, 0.6) is 0 Å². The number of hydrogen-bond donors (Lipinski definition) is 4. The lowest BCUT2D eigenvalue weighted by Crippen LogP contribution is -2.44. The van der Waals surface area contributed by atoms with Crippen LogP contribution in [0.1, 0.15) is 17.5 Å². The summed E-state index contributed by atoms with van der Waals surface area (Å²) in [5.74, 6) is -2.76. The van der Waals surface area contributed by atoms with Crippen molar-refractivity contribution >= 4 is 34.5 Å². The number of carboxylic acids is 1. The van der Waals surface area contributed by atoms with E-state index in [0.29, 0.717) is 24.7 Å². The molecular weight excluding hydrogens is 473 g/mol. The number of likely N-dealkylation sites (tertiary alicyclic amines) is 1. The summed E-state index contributed by atoms with van der Waals surface area (Å²) >= 11 is 6.20. The highest BCUT2D eigenvalue weighted by molar-refractivity contribution is 6.35. The van der Waals surface area contributed by atoms with Gasteiger partial charge < -0.3 is 26.0 Å². The van der Waals surface area contributed by atoms with Crippen molar-refractivity contribution in [1.82, 2.24) is 15.2 Å².